The van der Waals surface area contributed by atoms with Crippen molar-refractivity contribution in [1.29, 1.82) is 0 Å². The Bertz CT molecular complexity index is 1410. The van der Waals surface area contributed by atoms with Gasteiger partial charge < -0.3 is 27.9 Å². The monoisotopic (exact) mass is 1000 g/mol. The minimum Gasteiger partial charge on any atom is -0.756 e. The second kappa shape index (κ2) is 51.4. The van der Waals surface area contributed by atoms with Crippen molar-refractivity contribution in [3.63, 3.8) is 0 Å². The summed E-state index contributed by atoms with van der Waals surface area (Å²) in [5.41, 5.74) is 0. The average Bonchev–Trinajstić information content (AvgIpc) is 3.32. The Balaban J connectivity index is 4.18. The topological polar surface area (TPSA) is 111 Å². The van der Waals surface area contributed by atoms with Crippen molar-refractivity contribution >= 4 is 19.8 Å². The number of unbranched alkanes of at least 4 members (excludes halogenated alkanes) is 26. The number of ether oxygens (including phenoxy) is 2. The molecule has 0 spiro atoms. The summed E-state index contributed by atoms with van der Waals surface area (Å²) in [4.78, 5) is 37.8. The summed E-state index contributed by atoms with van der Waals surface area (Å²) in [5.74, 6) is -0.868. The van der Waals surface area contributed by atoms with E-state index in [4.69, 9.17) is 18.5 Å². The molecule has 0 bridgehead atoms. The number of likely N-dealkylation sites (N-methyl/N-ethyl adjacent to an activating group) is 1. The van der Waals surface area contributed by atoms with E-state index in [1.54, 1.807) is 0 Å². The van der Waals surface area contributed by atoms with Crippen LogP contribution in [-0.2, 0) is 32.7 Å². The zero-order chi connectivity index (χ0) is 51.3. The van der Waals surface area contributed by atoms with Gasteiger partial charge in [0, 0.05) is 12.8 Å². The second-order valence-electron chi connectivity index (χ2n) is 20.3. The van der Waals surface area contributed by atoms with Crippen molar-refractivity contribution < 1.29 is 42.1 Å². The average molecular weight is 1000 g/mol. The smallest absolute Gasteiger partial charge is 0.306 e. The van der Waals surface area contributed by atoms with Crippen molar-refractivity contribution in [2.24, 2.45) is 0 Å². The molecule has 0 aromatic heterocycles. The van der Waals surface area contributed by atoms with E-state index in [1.807, 2.05) is 21.1 Å². The molecule has 0 heterocycles. The Kier molecular flexibility index (Phi) is 49.5. The first kappa shape index (κ1) is 67.5. The molecule has 406 valence electrons. The van der Waals surface area contributed by atoms with E-state index in [9.17, 15) is 19.0 Å². The molecule has 70 heavy (non-hydrogen) atoms. The fourth-order valence-electron chi connectivity index (χ4n) is 7.80. The van der Waals surface area contributed by atoms with Crippen LogP contribution in [0.5, 0.6) is 0 Å². The number of allylic oxidation sites excluding steroid dienone is 12. The third-order valence-electron chi connectivity index (χ3n) is 12.2. The van der Waals surface area contributed by atoms with E-state index < -0.39 is 32.5 Å². The quantitative estimate of drug-likeness (QED) is 0.0195. The number of phosphoric ester groups is 1. The van der Waals surface area contributed by atoms with Crippen LogP contribution in [0.3, 0.4) is 0 Å². The van der Waals surface area contributed by atoms with E-state index in [1.165, 1.54) is 141 Å². The lowest BCUT2D eigenvalue weighted by atomic mass is 10.0. The van der Waals surface area contributed by atoms with Crippen molar-refractivity contribution in [1.82, 2.24) is 0 Å². The van der Waals surface area contributed by atoms with E-state index in [-0.39, 0.29) is 26.1 Å². The van der Waals surface area contributed by atoms with Gasteiger partial charge in [-0.25, -0.2) is 0 Å². The zero-order valence-electron chi connectivity index (χ0n) is 46.0. The molecule has 0 aliphatic carbocycles. The molecule has 0 amide bonds. The minimum atomic E-state index is -4.65. The number of phosphoric acid groups is 1. The molecule has 0 fully saturated rings. The lowest BCUT2D eigenvalue weighted by Crippen LogP contribution is -2.37. The molecule has 0 aromatic rings. The predicted octanol–water partition coefficient (Wildman–Crippen LogP) is 17.1. The van der Waals surface area contributed by atoms with E-state index in [0.29, 0.717) is 17.4 Å². The summed E-state index contributed by atoms with van der Waals surface area (Å²) < 4.78 is 34.1. The van der Waals surface area contributed by atoms with E-state index >= 15 is 0 Å². The second-order valence-corrected chi connectivity index (χ2v) is 21.7. The lowest BCUT2D eigenvalue weighted by Gasteiger charge is -2.28. The molecule has 0 aromatic carbocycles. The molecule has 0 saturated heterocycles. The summed E-state index contributed by atoms with van der Waals surface area (Å²) >= 11 is 0. The van der Waals surface area contributed by atoms with E-state index in [2.05, 4.69) is 86.8 Å². The van der Waals surface area contributed by atoms with Gasteiger partial charge >= 0.3 is 11.9 Å². The maximum atomic E-state index is 12.8. The van der Waals surface area contributed by atoms with Crippen molar-refractivity contribution in [3.05, 3.63) is 72.9 Å². The molecule has 0 aliphatic heterocycles. The Hall–Kier alpha value is -2.55. The van der Waals surface area contributed by atoms with Crippen molar-refractivity contribution in [2.45, 2.75) is 251 Å². The molecule has 0 radical (unpaired) electrons. The standard InChI is InChI=1S/C60H108NO8P/c1-6-8-10-12-14-16-18-20-22-24-26-27-28-29-30-31-32-33-35-36-38-40-42-44-46-48-50-52-59(62)66-56-58(57-68-70(64,65)67-55-54-61(3,4)5)69-60(63)53-51-49-47-45-43-41-39-37-34-25-23-21-19-17-15-13-11-9-7-2/h9,11,15,17,21,23-24,26,34,37,41,43,58H,6-8,10,12-14,16,18-20,22,25,27-33,35-36,38-40,42,44-57H2,1-5H3/b11-9-,17-15-,23-21-,26-24-,37-34-,43-41-. The summed E-state index contributed by atoms with van der Waals surface area (Å²) in [6.45, 7) is 4.10. The number of quaternary nitrogens is 1. The van der Waals surface area contributed by atoms with Crippen molar-refractivity contribution in [2.75, 3.05) is 47.5 Å². The SMILES string of the molecule is CC/C=C\C/C=C\C/C=C\C/C=C\C/C=C\CCCCCC(=O)OC(COC(=O)CCCCCCCCCCCCCCCCC/C=C\CCCCCCCCCC)COP(=O)([O-])OCC[N+](C)(C)C. The number of carbonyl (C=O) groups is 2. The van der Waals surface area contributed by atoms with Crippen LogP contribution >= 0.6 is 7.82 Å². The van der Waals surface area contributed by atoms with Gasteiger partial charge in [-0.2, -0.15) is 0 Å². The van der Waals surface area contributed by atoms with Crippen LogP contribution in [0, 0.1) is 0 Å². The molecule has 10 heteroatoms. The van der Waals surface area contributed by atoms with E-state index in [0.717, 1.165) is 70.6 Å². The Morgan fingerprint density at radius 3 is 1.24 bits per heavy atom. The highest BCUT2D eigenvalue weighted by Crippen LogP contribution is 2.38. The molecule has 0 saturated carbocycles. The summed E-state index contributed by atoms with van der Waals surface area (Å²) in [5, 5.41) is 0. The van der Waals surface area contributed by atoms with Gasteiger partial charge in [0.25, 0.3) is 7.82 Å². The first-order valence-electron chi connectivity index (χ1n) is 28.6. The van der Waals surface area contributed by atoms with Crippen molar-refractivity contribution in [3.8, 4) is 0 Å². The van der Waals surface area contributed by atoms with Gasteiger partial charge in [0.05, 0.1) is 27.7 Å². The minimum absolute atomic E-state index is 0.0400. The molecule has 2 atom stereocenters. The Morgan fingerprint density at radius 1 is 0.457 bits per heavy atom. The molecular weight excluding hydrogens is 894 g/mol. The van der Waals surface area contributed by atoms with Crippen LogP contribution in [0.15, 0.2) is 72.9 Å². The highest BCUT2D eigenvalue weighted by Gasteiger charge is 2.21. The number of carbonyl (C=O) groups excluding carboxylic acids is 2. The zero-order valence-corrected chi connectivity index (χ0v) is 46.8. The first-order chi connectivity index (χ1) is 34.0. The maximum absolute atomic E-state index is 12.8. The maximum Gasteiger partial charge on any atom is 0.306 e. The number of nitrogens with zero attached hydrogens (tertiary/aromatic N) is 1. The van der Waals surface area contributed by atoms with Crippen LogP contribution in [-0.4, -0.2) is 70.0 Å². The number of hydrogen-bond donors (Lipinski definition) is 0. The normalized spacial score (nSPS) is 13.9. The third kappa shape index (κ3) is 54.8. The summed E-state index contributed by atoms with van der Waals surface area (Å²) in [6, 6.07) is 0. The van der Waals surface area contributed by atoms with Gasteiger partial charge in [-0.3, -0.25) is 14.2 Å². The largest absolute Gasteiger partial charge is 0.756 e. The Morgan fingerprint density at radius 2 is 0.814 bits per heavy atom. The molecule has 0 aliphatic rings. The summed E-state index contributed by atoms with van der Waals surface area (Å²) in [7, 11) is 1.14. The van der Waals surface area contributed by atoms with Crippen LogP contribution in [0.1, 0.15) is 245 Å². The van der Waals surface area contributed by atoms with Gasteiger partial charge in [0.2, 0.25) is 0 Å². The van der Waals surface area contributed by atoms with Gasteiger partial charge in [-0.05, 0) is 83.5 Å². The van der Waals surface area contributed by atoms with Gasteiger partial charge in [0.1, 0.15) is 19.8 Å². The predicted molar refractivity (Wildman–Crippen MR) is 296 cm³/mol. The van der Waals surface area contributed by atoms with Crippen LogP contribution < -0.4 is 4.89 Å². The fraction of sp³-hybridized carbons (Fsp3) is 0.767. The third-order valence-corrected chi connectivity index (χ3v) is 13.2. The van der Waals surface area contributed by atoms with Gasteiger partial charge in [-0.15, -0.1) is 0 Å². The Labute approximate surface area is 431 Å². The number of esters is 2. The van der Waals surface area contributed by atoms with Gasteiger partial charge in [-0.1, -0.05) is 222 Å². The fourth-order valence-corrected chi connectivity index (χ4v) is 8.52. The highest BCUT2D eigenvalue weighted by molar-refractivity contribution is 7.45. The lowest BCUT2D eigenvalue weighted by molar-refractivity contribution is -0.870. The molecule has 0 N–H and O–H groups in total. The first-order valence-corrected chi connectivity index (χ1v) is 30.1. The molecule has 9 nitrogen and oxygen atoms in total. The highest BCUT2D eigenvalue weighted by atomic mass is 31.2. The van der Waals surface area contributed by atoms with Crippen LogP contribution in [0.4, 0.5) is 0 Å². The molecular formula is C60H108NO8P. The van der Waals surface area contributed by atoms with Gasteiger partial charge in [0.15, 0.2) is 6.10 Å². The number of rotatable bonds is 52. The molecule has 2 unspecified atom stereocenters. The summed E-state index contributed by atoms with van der Waals surface area (Å²) in [6.07, 6.45) is 66.7. The number of hydrogen-bond acceptors (Lipinski definition) is 8. The molecule has 0 rings (SSSR count). The van der Waals surface area contributed by atoms with Crippen LogP contribution in [0.25, 0.3) is 0 Å². The van der Waals surface area contributed by atoms with Crippen LogP contribution in [0.2, 0.25) is 0 Å².